The van der Waals surface area contributed by atoms with Crippen molar-refractivity contribution in [3.63, 3.8) is 0 Å². The summed E-state index contributed by atoms with van der Waals surface area (Å²) >= 11 is 5.28. The molecule has 26 heavy (non-hydrogen) atoms. The van der Waals surface area contributed by atoms with Crippen LogP contribution in [0.2, 0.25) is 0 Å². The number of nitrogens with zero attached hydrogens (tertiary/aromatic N) is 3. The van der Waals surface area contributed by atoms with Crippen molar-refractivity contribution in [2.75, 3.05) is 14.2 Å². The molecule has 0 spiro atoms. The van der Waals surface area contributed by atoms with E-state index in [0.29, 0.717) is 22.1 Å². The lowest BCUT2D eigenvalue weighted by Crippen LogP contribution is -1.96. The Labute approximate surface area is 156 Å². The number of H-pyrrole nitrogens is 1. The highest BCUT2D eigenvalue weighted by Crippen LogP contribution is 2.31. The Balaban J connectivity index is 1.89. The lowest BCUT2D eigenvalue weighted by Gasteiger charge is -2.08. The van der Waals surface area contributed by atoms with Gasteiger partial charge in [0.2, 0.25) is 4.77 Å². The third kappa shape index (κ3) is 3.89. The second-order valence-corrected chi connectivity index (χ2v) is 5.65. The van der Waals surface area contributed by atoms with Crippen LogP contribution in [0.1, 0.15) is 5.56 Å². The first-order valence-electron chi connectivity index (χ1n) is 7.89. The monoisotopic (exact) mass is 366 g/mol. The van der Waals surface area contributed by atoms with E-state index in [0.717, 1.165) is 11.1 Å². The Bertz CT molecular complexity index is 990. The summed E-state index contributed by atoms with van der Waals surface area (Å²) in [5.41, 5.74) is 1.90. The Morgan fingerprint density at radius 1 is 1.08 bits per heavy atom. The van der Waals surface area contributed by atoms with Gasteiger partial charge in [0.25, 0.3) is 0 Å². The van der Waals surface area contributed by atoms with Crippen molar-refractivity contribution in [1.82, 2.24) is 14.9 Å². The van der Waals surface area contributed by atoms with E-state index in [9.17, 15) is 0 Å². The van der Waals surface area contributed by atoms with E-state index < -0.39 is 0 Å². The van der Waals surface area contributed by atoms with E-state index >= 15 is 0 Å². The summed E-state index contributed by atoms with van der Waals surface area (Å²) in [4.78, 5) is 0. The van der Waals surface area contributed by atoms with Crippen LogP contribution in [0.15, 0.2) is 59.7 Å². The van der Waals surface area contributed by atoms with Gasteiger partial charge in [-0.2, -0.15) is 14.9 Å². The van der Waals surface area contributed by atoms with Crippen molar-refractivity contribution in [2.45, 2.75) is 0 Å². The Hall–Kier alpha value is -3.19. The van der Waals surface area contributed by atoms with Gasteiger partial charge < -0.3 is 9.47 Å². The van der Waals surface area contributed by atoms with Crippen LogP contribution in [0, 0.1) is 4.77 Å². The number of hydrogen-bond acceptors (Lipinski definition) is 5. The first-order chi connectivity index (χ1) is 12.7. The summed E-state index contributed by atoms with van der Waals surface area (Å²) in [5, 5.41) is 11.4. The van der Waals surface area contributed by atoms with Gasteiger partial charge in [-0.05, 0) is 42.1 Å². The summed E-state index contributed by atoms with van der Waals surface area (Å²) in [6, 6.07) is 15.5. The molecule has 0 amide bonds. The Kier molecular flexibility index (Phi) is 5.60. The number of aromatic nitrogens is 3. The molecule has 7 heteroatoms. The largest absolute Gasteiger partial charge is 0.493 e. The van der Waals surface area contributed by atoms with Crippen LogP contribution in [-0.4, -0.2) is 35.3 Å². The summed E-state index contributed by atoms with van der Waals surface area (Å²) in [7, 11) is 3.18. The predicted octanol–water partition coefficient (Wildman–Crippen LogP) is 4.17. The molecule has 2 aromatic carbocycles. The number of hydrogen-bond donors (Lipinski definition) is 1. The maximum absolute atomic E-state index is 5.34. The zero-order chi connectivity index (χ0) is 18.4. The van der Waals surface area contributed by atoms with E-state index in [1.807, 2.05) is 60.7 Å². The maximum Gasteiger partial charge on any atom is 0.216 e. The molecule has 1 heterocycles. The van der Waals surface area contributed by atoms with Gasteiger partial charge in [-0.25, -0.2) is 5.10 Å². The standard InChI is InChI=1S/C19H18N4O2S/c1-24-16-11-10-15(13-17(16)25-2)18-21-22-19(26)23(18)20-12-6-9-14-7-4-3-5-8-14/h3-13H,1-2H3,(H,22,26). The molecule has 0 aliphatic rings. The predicted molar refractivity (Wildman–Crippen MR) is 105 cm³/mol. The highest BCUT2D eigenvalue weighted by molar-refractivity contribution is 7.71. The molecular formula is C19H18N4O2S. The number of rotatable bonds is 6. The SMILES string of the molecule is COc1ccc(-c2n[nH]c(=S)n2N=CC=Cc2ccccc2)cc1OC. The molecule has 0 bridgehead atoms. The highest BCUT2D eigenvalue weighted by Gasteiger charge is 2.11. The zero-order valence-electron chi connectivity index (χ0n) is 14.4. The molecule has 0 fully saturated rings. The van der Waals surface area contributed by atoms with Crippen molar-refractivity contribution in [3.05, 3.63) is 64.9 Å². The fourth-order valence-corrected chi connectivity index (χ4v) is 2.56. The lowest BCUT2D eigenvalue weighted by molar-refractivity contribution is 0.355. The van der Waals surface area contributed by atoms with Gasteiger partial charge in [0.1, 0.15) is 0 Å². The minimum absolute atomic E-state index is 0.402. The molecule has 0 unspecified atom stereocenters. The third-order valence-corrected chi connectivity index (χ3v) is 3.91. The van der Waals surface area contributed by atoms with E-state index in [1.165, 1.54) is 0 Å². The molecule has 1 aromatic heterocycles. The van der Waals surface area contributed by atoms with E-state index in [1.54, 1.807) is 25.1 Å². The van der Waals surface area contributed by atoms with Gasteiger partial charge in [0, 0.05) is 11.8 Å². The summed E-state index contributed by atoms with van der Waals surface area (Å²) < 4.78 is 12.6. The number of ether oxygens (including phenoxy) is 2. The van der Waals surface area contributed by atoms with Crippen LogP contribution in [0.3, 0.4) is 0 Å². The molecule has 0 atom stereocenters. The highest BCUT2D eigenvalue weighted by atomic mass is 32.1. The van der Waals surface area contributed by atoms with Crippen LogP contribution in [0.4, 0.5) is 0 Å². The first kappa shape index (κ1) is 17.6. The van der Waals surface area contributed by atoms with Gasteiger partial charge in [0.05, 0.1) is 14.2 Å². The van der Waals surface area contributed by atoms with Crippen LogP contribution in [-0.2, 0) is 0 Å². The molecule has 0 aliphatic heterocycles. The van der Waals surface area contributed by atoms with E-state index in [-0.39, 0.29) is 0 Å². The van der Waals surface area contributed by atoms with Crippen molar-refractivity contribution < 1.29 is 9.47 Å². The van der Waals surface area contributed by atoms with Crippen molar-refractivity contribution in [1.29, 1.82) is 0 Å². The summed E-state index contributed by atoms with van der Waals surface area (Å²) in [6.07, 6.45) is 5.48. The van der Waals surface area contributed by atoms with Crippen LogP contribution in [0.5, 0.6) is 11.5 Å². The molecule has 0 aliphatic carbocycles. The number of methoxy groups -OCH3 is 2. The lowest BCUT2D eigenvalue weighted by atomic mass is 10.2. The van der Waals surface area contributed by atoms with Crippen LogP contribution < -0.4 is 9.47 Å². The minimum atomic E-state index is 0.402. The molecule has 0 radical (unpaired) electrons. The Morgan fingerprint density at radius 3 is 2.58 bits per heavy atom. The molecule has 6 nitrogen and oxygen atoms in total. The normalized spacial score (nSPS) is 11.3. The van der Waals surface area contributed by atoms with Gasteiger partial charge in [0.15, 0.2) is 17.3 Å². The second-order valence-electron chi connectivity index (χ2n) is 5.27. The molecular weight excluding hydrogens is 348 g/mol. The Morgan fingerprint density at radius 2 is 1.85 bits per heavy atom. The van der Waals surface area contributed by atoms with Crippen LogP contribution >= 0.6 is 12.2 Å². The number of aromatic amines is 1. The molecule has 132 valence electrons. The number of benzene rings is 2. The smallest absolute Gasteiger partial charge is 0.216 e. The fourth-order valence-electron chi connectivity index (χ4n) is 2.38. The quantitative estimate of drug-likeness (QED) is 0.525. The molecule has 1 N–H and O–H groups in total. The average Bonchev–Trinajstić information content (AvgIpc) is 3.06. The maximum atomic E-state index is 5.34. The van der Waals surface area contributed by atoms with Gasteiger partial charge in [-0.15, -0.1) is 0 Å². The van der Waals surface area contributed by atoms with Gasteiger partial charge in [-0.3, -0.25) is 0 Å². The second kappa shape index (κ2) is 8.26. The summed E-state index contributed by atoms with van der Waals surface area (Å²) in [5.74, 6) is 1.84. The fraction of sp³-hybridized carbons (Fsp3) is 0.105. The average molecular weight is 366 g/mol. The van der Waals surface area contributed by atoms with Gasteiger partial charge >= 0.3 is 0 Å². The topological polar surface area (TPSA) is 64.4 Å². The first-order valence-corrected chi connectivity index (χ1v) is 8.29. The molecule has 3 rings (SSSR count). The van der Waals surface area contributed by atoms with Crippen molar-refractivity contribution in [2.24, 2.45) is 5.10 Å². The van der Waals surface area contributed by atoms with Crippen molar-refractivity contribution >= 4 is 24.5 Å². The van der Waals surface area contributed by atoms with E-state index in [2.05, 4.69) is 15.3 Å². The molecule has 3 aromatic rings. The number of nitrogens with one attached hydrogen (secondary N) is 1. The number of allylic oxidation sites excluding steroid dienone is 1. The van der Waals surface area contributed by atoms with E-state index in [4.69, 9.17) is 21.7 Å². The van der Waals surface area contributed by atoms with Gasteiger partial charge in [-0.1, -0.05) is 36.4 Å². The summed E-state index contributed by atoms with van der Waals surface area (Å²) in [6.45, 7) is 0. The third-order valence-electron chi connectivity index (χ3n) is 3.65. The van der Waals surface area contributed by atoms with Crippen molar-refractivity contribution in [3.8, 4) is 22.9 Å². The zero-order valence-corrected chi connectivity index (χ0v) is 15.2. The van der Waals surface area contributed by atoms with Crippen LogP contribution in [0.25, 0.3) is 17.5 Å². The molecule has 0 saturated carbocycles. The molecule has 0 saturated heterocycles. The minimum Gasteiger partial charge on any atom is -0.493 e.